The standard InChI is InChI=1S/C12H17BrN2O2/c13-11-4-3-10(17-11)12(16)15-7-5-9-2-1-6-14-8-9/h3-4,9,14H,1-2,5-8H2,(H,15,16). The Morgan fingerprint density at radius 1 is 1.59 bits per heavy atom. The van der Waals surface area contributed by atoms with Crippen molar-refractivity contribution in [1.29, 1.82) is 0 Å². The molecule has 1 aromatic rings. The minimum atomic E-state index is -0.139. The van der Waals surface area contributed by atoms with Crippen molar-refractivity contribution in [3.8, 4) is 0 Å². The molecule has 0 aliphatic carbocycles. The molecule has 5 heteroatoms. The van der Waals surface area contributed by atoms with Crippen LogP contribution in [-0.2, 0) is 0 Å². The van der Waals surface area contributed by atoms with E-state index in [4.69, 9.17) is 4.42 Å². The average Bonchev–Trinajstić information content (AvgIpc) is 2.77. The Morgan fingerprint density at radius 3 is 3.12 bits per heavy atom. The fourth-order valence-corrected chi connectivity index (χ4v) is 2.39. The van der Waals surface area contributed by atoms with E-state index in [1.807, 2.05) is 0 Å². The number of furan rings is 1. The molecule has 1 unspecified atom stereocenters. The summed E-state index contributed by atoms with van der Waals surface area (Å²) in [6.45, 7) is 2.91. The molecule has 0 aromatic carbocycles. The molecular weight excluding hydrogens is 284 g/mol. The van der Waals surface area contributed by atoms with E-state index in [1.165, 1.54) is 12.8 Å². The smallest absolute Gasteiger partial charge is 0.287 e. The molecule has 1 aliphatic heterocycles. The van der Waals surface area contributed by atoms with Crippen molar-refractivity contribution >= 4 is 21.8 Å². The van der Waals surface area contributed by atoms with E-state index >= 15 is 0 Å². The van der Waals surface area contributed by atoms with Gasteiger partial charge in [-0.3, -0.25) is 4.79 Å². The normalized spacial score (nSPS) is 20.2. The monoisotopic (exact) mass is 300 g/mol. The maximum absolute atomic E-state index is 11.7. The van der Waals surface area contributed by atoms with Gasteiger partial charge in [-0.15, -0.1) is 0 Å². The molecule has 1 amide bonds. The van der Waals surface area contributed by atoms with Crippen molar-refractivity contribution in [1.82, 2.24) is 10.6 Å². The van der Waals surface area contributed by atoms with E-state index in [1.54, 1.807) is 12.1 Å². The van der Waals surface area contributed by atoms with Crippen molar-refractivity contribution in [2.24, 2.45) is 5.92 Å². The lowest BCUT2D eigenvalue weighted by molar-refractivity contribution is 0.0921. The van der Waals surface area contributed by atoms with Gasteiger partial charge in [0.2, 0.25) is 0 Å². The third-order valence-electron chi connectivity index (χ3n) is 3.03. The first-order valence-electron chi connectivity index (χ1n) is 6.00. The SMILES string of the molecule is O=C(NCCC1CCCNC1)c1ccc(Br)o1. The second-order valence-electron chi connectivity index (χ2n) is 4.36. The van der Waals surface area contributed by atoms with Crippen molar-refractivity contribution in [2.75, 3.05) is 19.6 Å². The van der Waals surface area contributed by atoms with Crippen LogP contribution in [0.25, 0.3) is 0 Å². The third kappa shape index (κ3) is 3.85. The second kappa shape index (κ2) is 6.21. The van der Waals surface area contributed by atoms with Crippen LogP contribution in [0, 0.1) is 5.92 Å². The van der Waals surface area contributed by atoms with Crippen molar-refractivity contribution in [2.45, 2.75) is 19.3 Å². The molecule has 0 spiro atoms. The summed E-state index contributed by atoms with van der Waals surface area (Å²) < 4.78 is 5.76. The Balaban J connectivity index is 1.69. The van der Waals surface area contributed by atoms with Gasteiger partial charge in [0.05, 0.1) is 0 Å². The van der Waals surface area contributed by atoms with Gasteiger partial charge in [-0.25, -0.2) is 0 Å². The minimum absolute atomic E-state index is 0.139. The van der Waals surface area contributed by atoms with Crippen LogP contribution in [0.3, 0.4) is 0 Å². The molecule has 2 N–H and O–H groups in total. The molecule has 0 bridgehead atoms. The molecule has 17 heavy (non-hydrogen) atoms. The van der Waals surface area contributed by atoms with Gasteiger partial charge in [0.1, 0.15) is 0 Å². The number of halogens is 1. The number of hydrogen-bond donors (Lipinski definition) is 2. The van der Waals surface area contributed by atoms with E-state index in [0.29, 0.717) is 22.9 Å². The van der Waals surface area contributed by atoms with Crippen LogP contribution in [0.15, 0.2) is 21.2 Å². The number of amides is 1. The highest BCUT2D eigenvalue weighted by Gasteiger charge is 2.14. The number of hydrogen-bond acceptors (Lipinski definition) is 3. The van der Waals surface area contributed by atoms with E-state index in [0.717, 1.165) is 19.5 Å². The van der Waals surface area contributed by atoms with Crippen LogP contribution in [0.2, 0.25) is 0 Å². The Labute approximate surface area is 109 Å². The predicted octanol–water partition coefficient (Wildman–Crippen LogP) is 2.16. The number of carbonyl (C=O) groups is 1. The number of piperidine rings is 1. The molecule has 1 saturated heterocycles. The quantitative estimate of drug-likeness (QED) is 0.896. The summed E-state index contributed by atoms with van der Waals surface area (Å²) in [4.78, 5) is 11.7. The van der Waals surface area contributed by atoms with Crippen LogP contribution in [0.1, 0.15) is 29.8 Å². The summed E-state index contributed by atoms with van der Waals surface area (Å²) in [7, 11) is 0. The van der Waals surface area contributed by atoms with Gasteiger partial charge >= 0.3 is 0 Å². The Hall–Kier alpha value is -0.810. The van der Waals surface area contributed by atoms with Gasteiger partial charge in [0.15, 0.2) is 10.4 Å². The summed E-state index contributed by atoms with van der Waals surface area (Å²) in [6.07, 6.45) is 3.53. The lowest BCUT2D eigenvalue weighted by Crippen LogP contribution is -2.33. The predicted molar refractivity (Wildman–Crippen MR) is 69.0 cm³/mol. The van der Waals surface area contributed by atoms with Crippen LogP contribution >= 0.6 is 15.9 Å². The minimum Gasteiger partial charge on any atom is -0.444 e. The number of nitrogens with one attached hydrogen (secondary N) is 2. The van der Waals surface area contributed by atoms with Crippen molar-refractivity contribution < 1.29 is 9.21 Å². The maximum Gasteiger partial charge on any atom is 0.287 e. The molecule has 0 saturated carbocycles. The molecule has 1 aromatic heterocycles. The maximum atomic E-state index is 11.7. The highest BCUT2D eigenvalue weighted by Crippen LogP contribution is 2.15. The molecule has 2 heterocycles. The van der Waals surface area contributed by atoms with Gasteiger partial charge in [0, 0.05) is 6.54 Å². The summed E-state index contributed by atoms with van der Waals surface area (Å²) in [5.41, 5.74) is 0. The molecular formula is C12H17BrN2O2. The van der Waals surface area contributed by atoms with Gasteiger partial charge in [-0.2, -0.15) is 0 Å². The van der Waals surface area contributed by atoms with Crippen LogP contribution in [-0.4, -0.2) is 25.5 Å². The summed E-state index contributed by atoms with van der Waals surface area (Å²) in [5, 5.41) is 6.25. The summed E-state index contributed by atoms with van der Waals surface area (Å²) >= 11 is 3.18. The first-order chi connectivity index (χ1) is 8.25. The molecule has 2 rings (SSSR count). The second-order valence-corrected chi connectivity index (χ2v) is 5.14. The van der Waals surface area contributed by atoms with E-state index in [-0.39, 0.29) is 5.91 Å². The van der Waals surface area contributed by atoms with Gasteiger partial charge < -0.3 is 15.1 Å². The Morgan fingerprint density at radius 2 is 2.47 bits per heavy atom. The van der Waals surface area contributed by atoms with Gasteiger partial charge in [-0.05, 0) is 66.3 Å². The third-order valence-corrected chi connectivity index (χ3v) is 3.46. The van der Waals surface area contributed by atoms with E-state index in [2.05, 4.69) is 26.6 Å². The zero-order valence-corrected chi connectivity index (χ0v) is 11.3. The van der Waals surface area contributed by atoms with Crippen molar-refractivity contribution in [3.05, 3.63) is 22.6 Å². The Kier molecular flexibility index (Phi) is 4.62. The fraction of sp³-hybridized carbons (Fsp3) is 0.583. The van der Waals surface area contributed by atoms with Crippen molar-refractivity contribution in [3.63, 3.8) is 0 Å². The summed E-state index contributed by atoms with van der Waals surface area (Å²) in [5.74, 6) is 0.908. The molecule has 94 valence electrons. The molecule has 0 radical (unpaired) electrons. The largest absolute Gasteiger partial charge is 0.444 e. The highest BCUT2D eigenvalue weighted by molar-refractivity contribution is 9.10. The van der Waals surface area contributed by atoms with Crippen LogP contribution in [0.5, 0.6) is 0 Å². The first kappa shape index (κ1) is 12.6. The molecule has 1 fully saturated rings. The first-order valence-corrected chi connectivity index (χ1v) is 6.79. The fourth-order valence-electron chi connectivity index (χ4n) is 2.08. The van der Waals surface area contributed by atoms with Crippen LogP contribution < -0.4 is 10.6 Å². The van der Waals surface area contributed by atoms with E-state index < -0.39 is 0 Å². The topological polar surface area (TPSA) is 54.3 Å². The molecule has 4 nitrogen and oxygen atoms in total. The highest BCUT2D eigenvalue weighted by atomic mass is 79.9. The number of rotatable bonds is 4. The zero-order chi connectivity index (χ0) is 12.1. The Bertz CT molecular complexity index is 372. The summed E-state index contributed by atoms with van der Waals surface area (Å²) in [6, 6.07) is 3.39. The van der Waals surface area contributed by atoms with Crippen LogP contribution in [0.4, 0.5) is 0 Å². The molecule has 1 atom stereocenters. The zero-order valence-electron chi connectivity index (χ0n) is 9.67. The average molecular weight is 301 g/mol. The lowest BCUT2D eigenvalue weighted by atomic mass is 9.96. The lowest BCUT2D eigenvalue weighted by Gasteiger charge is -2.22. The number of carbonyl (C=O) groups excluding carboxylic acids is 1. The molecule has 1 aliphatic rings. The van der Waals surface area contributed by atoms with E-state index in [9.17, 15) is 4.79 Å². The van der Waals surface area contributed by atoms with Gasteiger partial charge in [0.25, 0.3) is 5.91 Å². The van der Waals surface area contributed by atoms with Gasteiger partial charge in [-0.1, -0.05) is 0 Å².